The molecular weight excluding hydrogens is 412 g/mol. The van der Waals surface area contributed by atoms with E-state index in [0.717, 1.165) is 0 Å². The Bertz CT molecular complexity index is 1050. The smallest absolute Gasteiger partial charge is 0.404 e. The Morgan fingerprint density at radius 1 is 1.26 bits per heavy atom. The van der Waals surface area contributed by atoms with Crippen LogP contribution in [0.3, 0.4) is 0 Å². The van der Waals surface area contributed by atoms with Gasteiger partial charge in [0.25, 0.3) is 0 Å². The van der Waals surface area contributed by atoms with Gasteiger partial charge in [-0.2, -0.15) is 0 Å². The number of amides is 2. The Hall–Kier alpha value is -3.15. The summed E-state index contributed by atoms with van der Waals surface area (Å²) in [6, 6.07) is 6.04. The Labute approximate surface area is 177 Å². The number of primary amides is 1. The van der Waals surface area contributed by atoms with Crippen molar-refractivity contribution < 1.29 is 38.1 Å². The Morgan fingerprint density at radius 3 is 2.58 bits per heavy atom. The van der Waals surface area contributed by atoms with Gasteiger partial charge in [0.1, 0.15) is 11.9 Å². The number of hydrogen-bond donors (Lipinski definition) is 3. The lowest BCUT2D eigenvalue weighted by molar-refractivity contribution is -0.304. The molecule has 0 saturated carbocycles. The number of carbonyl (C=O) groups excluding carboxylic acids is 2. The van der Waals surface area contributed by atoms with Crippen LogP contribution in [0.5, 0.6) is 5.75 Å². The molecule has 31 heavy (non-hydrogen) atoms. The van der Waals surface area contributed by atoms with E-state index in [-0.39, 0.29) is 22.9 Å². The number of benzene rings is 1. The van der Waals surface area contributed by atoms with Gasteiger partial charge in [0.05, 0.1) is 11.0 Å². The highest BCUT2D eigenvalue weighted by Gasteiger charge is 2.53. The summed E-state index contributed by atoms with van der Waals surface area (Å²) in [5.41, 5.74) is 3.43. The third-order valence-corrected chi connectivity index (χ3v) is 4.81. The predicted octanol–water partition coefficient (Wildman–Crippen LogP) is 1.10. The van der Waals surface area contributed by atoms with E-state index >= 15 is 0 Å². The van der Waals surface area contributed by atoms with E-state index in [1.807, 2.05) is 0 Å². The number of anilines is 1. The number of methoxy groups -OCH3 is 1. The molecule has 4 atom stereocenters. The van der Waals surface area contributed by atoms with Gasteiger partial charge in [-0.15, -0.1) is 0 Å². The van der Waals surface area contributed by atoms with E-state index in [1.54, 1.807) is 26.0 Å². The van der Waals surface area contributed by atoms with Gasteiger partial charge in [0.2, 0.25) is 18.1 Å². The van der Waals surface area contributed by atoms with E-state index in [2.05, 4.69) is 5.32 Å². The van der Waals surface area contributed by atoms with Gasteiger partial charge in [0.15, 0.2) is 12.2 Å². The summed E-state index contributed by atoms with van der Waals surface area (Å²) in [6.07, 6.45) is -5.73. The lowest BCUT2D eigenvalue weighted by atomic mass is 9.89. The topological polar surface area (TPSA) is 160 Å². The number of rotatable bonds is 5. The maximum Gasteiger partial charge on any atom is 0.404 e. The fraction of sp³-hybridized carbons (Fsp3) is 0.450. The lowest BCUT2D eigenvalue weighted by Crippen LogP contribution is -2.65. The van der Waals surface area contributed by atoms with Gasteiger partial charge in [-0.05, 0) is 31.4 Å². The molecule has 1 saturated heterocycles. The minimum absolute atomic E-state index is 0.0171. The number of fused-ring (bicyclic) bond motifs is 1. The molecule has 0 spiro atoms. The van der Waals surface area contributed by atoms with Crippen LogP contribution in [-0.2, 0) is 19.0 Å². The van der Waals surface area contributed by atoms with Crippen molar-refractivity contribution in [1.82, 2.24) is 0 Å². The van der Waals surface area contributed by atoms with Crippen molar-refractivity contribution in [2.75, 3.05) is 12.4 Å². The largest absolute Gasteiger partial charge is 0.462 e. The molecule has 11 nitrogen and oxygen atoms in total. The van der Waals surface area contributed by atoms with Crippen molar-refractivity contribution in [1.29, 1.82) is 0 Å². The SMILES string of the molecule is CO[C@@H]1C(OC(N)=O)C(O)[C@H](Oc2ccc3cc(NC(C)=O)oc(=O)c3c2)OC1(C)C. The molecule has 0 aliphatic carbocycles. The quantitative estimate of drug-likeness (QED) is 0.624. The van der Waals surface area contributed by atoms with Crippen molar-refractivity contribution >= 4 is 28.7 Å². The second kappa shape index (κ2) is 8.53. The molecular formula is C20H24N2O9. The monoisotopic (exact) mass is 436 g/mol. The summed E-state index contributed by atoms with van der Waals surface area (Å²) < 4.78 is 27.1. The van der Waals surface area contributed by atoms with Crippen LogP contribution < -0.4 is 21.4 Å². The highest BCUT2D eigenvalue weighted by Crippen LogP contribution is 2.34. The zero-order valence-corrected chi connectivity index (χ0v) is 17.4. The number of nitrogens with one attached hydrogen (secondary N) is 1. The molecule has 1 fully saturated rings. The van der Waals surface area contributed by atoms with Gasteiger partial charge in [-0.3, -0.25) is 10.1 Å². The van der Waals surface area contributed by atoms with Gasteiger partial charge in [0, 0.05) is 20.1 Å². The maximum atomic E-state index is 12.3. The average Bonchev–Trinajstić information content (AvgIpc) is 2.65. The number of nitrogens with two attached hydrogens (primary N) is 1. The van der Waals surface area contributed by atoms with Crippen molar-refractivity contribution in [3.8, 4) is 5.75 Å². The minimum atomic E-state index is -1.43. The number of aliphatic hydroxyl groups is 1. The number of aliphatic hydroxyl groups excluding tert-OH is 1. The molecule has 1 aromatic heterocycles. The molecule has 2 aromatic rings. The second-order valence-electron chi connectivity index (χ2n) is 7.58. The molecule has 1 aromatic carbocycles. The van der Waals surface area contributed by atoms with Crippen LogP contribution in [0.1, 0.15) is 20.8 Å². The van der Waals surface area contributed by atoms with Crippen molar-refractivity contribution in [2.45, 2.75) is 51.0 Å². The van der Waals surface area contributed by atoms with Crippen molar-refractivity contribution in [2.24, 2.45) is 5.73 Å². The standard InChI is InChI=1S/C20H24N2O9/c1-9(23)22-13-7-10-5-6-11(8-12(10)17(25)29-13)28-18-14(24)15(30-19(21)26)16(27-4)20(2,3)31-18/h5-8,14-16,18,24H,1-4H3,(H2,21,26)(H,22,23)/t14?,15?,16-,18-/m1/s1. The molecule has 1 aliphatic rings. The Balaban J connectivity index is 1.89. The Kier molecular flexibility index (Phi) is 6.20. The lowest BCUT2D eigenvalue weighted by Gasteiger charge is -2.47. The third-order valence-electron chi connectivity index (χ3n) is 4.81. The van der Waals surface area contributed by atoms with Crippen LogP contribution in [0, 0.1) is 0 Å². The summed E-state index contributed by atoms with van der Waals surface area (Å²) in [7, 11) is 1.39. The third kappa shape index (κ3) is 4.79. The van der Waals surface area contributed by atoms with E-state index in [9.17, 15) is 19.5 Å². The zero-order valence-electron chi connectivity index (χ0n) is 17.4. The summed E-state index contributed by atoms with van der Waals surface area (Å²) in [4.78, 5) is 34.8. The van der Waals surface area contributed by atoms with E-state index < -0.39 is 41.9 Å². The highest BCUT2D eigenvalue weighted by atomic mass is 16.7. The van der Waals surface area contributed by atoms with E-state index in [4.69, 9.17) is 29.1 Å². The molecule has 1 aliphatic heterocycles. The summed E-state index contributed by atoms with van der Waals surface area (Å²) in [5.74, 6) is -0.167. The molecule has 0 radical (unpaired) electrons. The highest BCUT2D eigenvalue weighted by molar-refractivity contribution is 5.90. The summed E-state index contributed by atoms with van der Waals surface area (Å²) in [5, 5.41) is 13.8. The van der Waals surface area contributed by atoms with E-state index in [1.165, 1.54) is 26.2 Å². The maximum absolute atomic E-state index is 12.3. The van der Waals surface area contributed by atoms with Crippen LogP contribution >= 0.6 is 0 Å². The second-order valence-corrected chi connectivity index (χ2v) is 7.58. The summed E-state index contributed by atoms with van der Waals surface area (Å²) >= 11 is 0. The molecule has 11 heteroatoms. The molecule has 2 heterocycles. The number of carbonyl (C=O) groups is 2. The summed E-state index contributed by atoms with van der Waals surface area (Å²) in [6.45, 7) is 4.65. The number of hydrogen-bond acceptors (Lipinski definition) is 9. The van der Waals surface area contributed by atoms with Crippen LogP contribution in [0.25, 0.3) is 10.8 Å². The Morgan fingerprint density at radius 2 is 1.97 bits per heavy atom. The van der Waals surface area contributed by atoms with Crippen molar-refractivity contribution in [3.05, 3.63) is 34.7 Å². The molecule has 2 amide bonds. The first kappa shape index (κ1) is 22.5. The van der Waals surface area contributed by atoms with E-state index in [0.29, 0.717) is 5.39 Å². The van der Waals surface area contributed by atoms with Gasteiger partial charge < -0.3 is 34.2 Å². The normalized spacial score (nSPS) is 25.1. The van der Waals surface area contributed by atoms with Crippen LogP contribution in [0.15, 0.2) is 33.5 Å². The predicted molar refractivity (Wildman–Crippen MR) is 108 cm³/mol. The molecule has 4 N–H and O–H groups in total. The van der Waals surface area contributed by atoms with Gasteiger partial charge >= 0.3 is 11.7 Å². The van der Waals surface area contributed by atoms with Crippen LogP contribution in [0.2, 0.25) is 0 Å². The minimum Gasteiger partial charge on any atom is -0.462 e. The first-order valence-electron chi connectivity index (χ1n) is 9.38. The first-order valence-corrected chi connectivity index (χ1v) is 9.38. The van der Waals surface area contributed by atoms with Crippen LogP contribution in [0.4, 0.5) is 10.7 Å². The van der Waals surface area contributed by atoms with Gasteiger partial charge in [-0.25, -0.2) is 9.59 Å². The molecule has 3 rings (SSSR count). The molecule has 0 bridgehead atoms. The number of ether oxygens (including phenoxy) is 4. The fourth-order valence-electron chi connectivity index (χ4n) is 3.55. The molecule has 2 unspecified atom stereocenters. The first-order chi connectivity index (χ1) is 14.5. The van der Waals surface area contributed by atoms with Crippen molar-refractivity contribution in [3.63, 3.8) is 0 Å². The molecule has 168 valence electrons. The average molecular weight is 436 g/mol. The van der Waals surface area contributed by atoms with Gasteiger partial charge in [-0.1, -0.05) is 6.07 Å². The fourth-order valence-corrected chi connectivity index (χ4v) is 3.55. The van der Waals surface area contributed by atoms with Crippen LogP contribution in [-0.4, -0.2) is 54.4 Å². The zero-order chi connectivity index (χ0) is 22.9.